The molecule has 0 amide bonds. The molecule has 0 fully saturated rings. The van der Waals surface area contributed by atoms with Gasteiger partial charge in [-0.1, -0.05) is 6.92 Å². The largest absolute Gasteiger partial charge is 0.377 e. The Morgan fingerprint density at radius 2 is 2.12 bits per heavy atom. The summed E-state index contributed by atoms with van der Waals surface area (Å²) in [6.07, 6.45) is 0.972. The normalized spacial score (nSPS) is 18.0. The van der Waals surface area contributed by atoms with Crippen molar-refractivity contribution < 1.29 is 4.74 Å². The van der Waals surface area contributed by atoms with Gasteiger partial charge in [-0.2, -0.15) is 0 Å². The van der Waals surface area contributed by atoms with Gasteiger partial charge in [-0.15, -0.1) is 0 Å². The maximum absolute atomic E-state index is 5.40. The molecule has 0 aromatic heterocycles. The Morgan fingerprint density at radius 3 is 2.12 bits per heavy atom. The first-order chi connectivity index (χ1) is 3.68. The van der Waals surface area contributed by atoms with Crippen molar-refractivity contribution >= 4 is 0 Å². The molecule has 0 bridgehead atoms. The van der Waals surface area contributed by atoms with Crippen molar-refractivity contribution in [1.82, 2.24) is 0 Å². The van der Waals surface area contributed by atoms with Gasteiger partial charge in [0.05, 0.1) is 5.60 Å². The number of hydrogen-bond acceptors (Lipinski definition) is 2. The predicted molar refractivity (Wildman–Crippen MR) is 34.8 cm³/mol. The zero-order valence-corrected chi connectivity index (χ0v) is 5.90. The summed E-state index contributed by atoms with van der Waals surface area (Å²) in [5.74, 6) is 0. The van der Waals surface area contributed by atoms with Crippen LogP contribution in [0.15, 0.2) is 0 Å². The van der Waals surface area contributed by atoms with Crippen LogP contribution in [0.5, 0.6) is 0 Å². The van der Waals surface area contributed by atoms with Crippen molar-refractivity contribution in [3.8, 4) is 0 Å². The molecule has 0 saturated heterocycles. The van der Waals surface area contributed by atoms with Crippen LogP contribution in [-0.2, 0) is 4.74 Å². The molecule has 2 nitrogen and oxygen atoms in total. The van der Waals surface area contributed by atoms with E-state index >= 15 is 0 Å². The molecule has 50 valence electrons. The van der Waals surface area contributed by atoms with E-state index in [1.54, 1.807) is 7.11 Å². The highest BCUT2D eigenvalue weighted by atomic mass is 16.5. The van der Waals surface area contributed by atoms with Gasteiger partial charge >= 0.3 is 0 Å². The minimum Gasteiger partial charge on any atom is -0.377 e. The number of methoxy groups -OCH3 is 1. The lowest BCUT2D eigenvalue weighted by atomic mass is 10.0. The lowest BCUT2D eigenvalue weighted by Gasteiger charge is -2.23. The zero-order chi connectivity index (χ0) is 6.62. The molecule has 0 radical (unpaired) electrons. The Morgan fingerprint density at radius 1 is 1.62 bits per heavy atom. The van der Waals surface area contributed by atoms with Crippen LogP contribution >= 0.6 is 0 Å². The third-order valence-corrected chi connectivity index (χ3v) is 1.67. The van der Waals surface area contributed by atoms with Crippen molar-refractivity contribution in [1.29, 1.82) is 0 Å². The van der Waals surface area contributed by atoms with Gasteiger partial charge < -0.3 is 10.5 Å². The number of ether oxygens (including phenoxy) is 1. The fourth-order valence-electron chi connectivity index (χ4n) is 0.372. The summed E-state index contributed by atoms with van der Waals surface area (Å²) in [6.45, 7) is 4.67. The van der Waals surface area contributed by atoms with E-state index < -0.39 is 0 Å². The fourth-order valence-corrected chi connectivity index (χ4v) is 0.372. The van der Waals surface area contributed by atoms with Gasteiger partial charge in [0.25, 0.3) is 0 Å². The van der Waals surface area contributed by atoms with E-state index in [1.165, 1.54) is 0 Å². The quantitative estimate of drug-likeness (QED) is 0.592. The average Bonchev–Trinajstić information content (AvgIpc) is 1.87. The summed E-state index contributed by atoms with van der Waals surface area (Å²) in [5, 5.41) is 0. The van der Waals surface area contributed by atoms with Gasteiger partial charge in [-0.25, -0.2) is 0 Å². The van der Waals surface area contributed by atoms with Crippen LogP contribution in [0.1, 0.15) is 20.3 Å². The second-order valence-electron chi connectivity index (χ2n) is 2.21. The summed E-state index contributed by atoms with van der Waals surface area (Å²) >= 11 is 0. The van der Waals surface area contributed by atoms with Gasteiger partial charge in [0.15, 0.2) is 0 Å². The highest BCUT2D eigenvalue weighted by Crippen LogP contribution is 2.10. The second kappa shape index (κ2) is 3.05. The first-order valence-electron chi connectivity index (χ1n) is 2.93. The Bertz CT molecular complexity index is 51.3. The minimum absolute atomic E-state index is 0.0972. The molecule has 8 heavy (non-hydrogen) atoms. The Hall–Kier alpha value is -0.0800. The van der Waals surface area contributed by atoms with E-state index in [9.17, 15) is 0 Å². The molecule has 0 aromatic carbocycles. The molecule has 0 spiro atoms. The molecular weight excluding hydrogens is 102 g/mol. The van der Waals surface area contributed by atoms with Crippen LogP contribution in [0.25, 0.3) is 0 Å². The van der Waals surface area contributed by atoms with Gasteiger partial charge in [0, 0.05) is 13.7 Å². The van der Waals surface area contributed by atoms with Crippen molar-refractivity contribution in [2.24, 2.45) is 5.73 Å². The van der Waals surface area contributed by atoms with Crippen LogP contribution < -0.4 is 5.73 Å². The van der Waals surface area contributed by atoms with Crippen LogP contribution in [0.4, 0.5) is 0 Å². The Balaban J connectivity index is 3.58. The Kier molecular flexibility index (Phi) is 3.02. The highest BCUT2D eigenvalue weighted by molar-refractivity contribution is 4.72. The first kappa shape index (κ1) is 7.92. The van der Waals surface area contributed by atoms with E-state index in [0.29, 0.717) is 6.54 Å². The van der Waals surface area contributed by atoms with Crippen LogP contribution in [0, 0.1) is 0 Å². The molecule has 0 aliphatic heterocycles. The SMILES string of the molecule is CC[C@@](C)(CN)OC. The molecule has 0 aromatic rings. The summed E-state index contributed by atoms with van der Waals surface area (Å²) < 4.78 is 5.11. The highest BCUT2D eigenvalue weighted by Gasteiger charge is 2.17. The summed E-state index contributed by atoms with van der Waals surface area (Å²) in [4.78, 5) is 0. The van der Waals surface area contributed by atoms with E-state index in [0.717, 1.165) is 6.42 Å². The van der Waals surface area contributed by atoms with Crippen LogP contribution in [0.3, 0.4) is 0 Å². The number of hydrogen-bond donors (Lipinski definition) is 1. The predicted octanol–water partition coefficient (Wildman–Crippen LogP) is 0.760. The molecule has 0 rings (SSSR count). The molecule has 0 aliphatic carbocycles. The topological polar surface area (TPSA) is 35.2 Å². The molecular formula is C6H15NO. The van der Waals surface area contributed by atoms with Gasteiger partial charge in [-0.3, -0.25) is 0 Å². The van der Waals surface area contributed by atoms with Gasteiger partial charge in [-0.05, 0) is 13.3 Å². The first-order valence-corrected chi connectivity index (χ1v) is 2.93. The van der Waals surface area contributed by atoms with E-state index in [1.807, 2.05) is 6.92 Å². The van der Waals surface area contributed by atoms with Crippen LogP contribution in [0.2, 0.25) is 0 Å². The molecule has 2 heteroatoms. The standard InChI is InChI=1S/C6H15NO/c1-4-6(2,5-7)8-3/h4-5,7H2,1-3H3/t6-/m0/s1. The average molecular weight is 117 g/mol. The third kappa shape index (κ3) is 1.80. The maximum atomic E-state index is 5.40. The molecule has 0 unspecified atom stereocenters. The van der Waals surface area contributed by atoms with Crippen molar-refractivity contribution in [2.45, 2.75) is 25.9 Å². The molecule has 0 saturated carbocycles. The molecule has 0 heterocycles. The van der Waals surface area contributed by atoms with Crippen molar-refractivity contribution in [2.75, 3.05) is 13.7 Å². The second-order valence-corrected chi connectivity index (χ2v) is 2.21. The maximum Gasteiger partial charge on any atom is 0.0769 e. The van der Waals surface area contributed by atoms with Crippen molar-refractivity contribution in [3.05, 3.63) is 0 Å². The van der Waals surface area contributed by atoms with Crippen LogP contribution in [-0.4, -0.2) is 19.3 Å². The minimum atomic E-state index is -0.0972. The molecule has 2 N–H and O–H groups in total. The lowest BCUT2D eigenvalue weighted by Crippen LogP contribution is -2.35. The smallest absolute Gasteiger partial charge is 0.0769 e. The number of nitrogens with two attached hydrogens (primary N) is 1. The third-order valence-electron chi connectivity index (χ3n) is 1.67. The Labute approximate surface area is 51.0 Å². The molecule has 1 atom stereocenters. The lowest BCUT2D eigenvalue weighted by molar-refractivity contribution is 0.0108. The number of rotatable bonds is 3. The van der Waals surface area contributed by atoms with Gasteiger partial charge in [0.2, 0.25) is 0 Å². The van der Waals surface area contributed by atoms with E-state index in [2.05, 4.69) is 6.92 Å². The van der Waals surface area contributed by atoms with Gasteiger partial charge in [0.1, 0.15) is 0 Å². The summed E-state index contributed by atoms with van der Waals surface area (Å²) in [6, 6.07) is 0. The summed E-state index contributed by atoms with van der Waals surface area (Å²) in [5.41, 5.74) is 5.31. The monoisotopic (exact) mass is 117 g/mol. The summed E-state index contributed by atoms with van der Waals surface area (Å²) in [7, 11) is 1.69. The fraction of sp³-hybridized carbons (Fsp3) is 1.00. The van der Waals surface area contributed by atoms with E-state index in [-0.39, 0.29) is 5.60 Å². The zero-order valence-electron chi connectivity index (χ0n) is 5.90. The molecule has 0 aliphatic rings. The van der Waals surface area contributed by atoms with Crippen molar-refractivity contribution in [3.63, 3.8) is 0 Å². The van der Waals surface area contributed by atoms with E-state index in [4.69, 9.17) is 10.5 Å².